The molecule has 1 aliphatic rings. The topological polar surface area (TPSA) is 131 Å². The maximum Gasteiger partial charge on any atom is 0.269 e. The lowest BCUT2D eigenvalue weighted by Gasteiger charge is -2.32. The van der Waals surface area contributed by atoms with E-state index in [1.165, 1.54) is 34.8 Å². The molecule has 2 aromatic carbocycles. The number of non-ortho nitro benzene ring substituents is 1. The molecule has 0 spiro atoms. The lowest BCUT2D eigenvalue weighted by molar-refractivity contribution is -0.384. The van der Waals surface area contributed by atoms with Gasteiger partial charge in [-0.05, 0) is 30.3 Å². The number of sulfonamides is 1. The number of hydrogen-bond acceptors (Lipinski definition) is 7. The van der Waals surface area contributed by atoms with Gasteiger partial charge in [-0.3, -0.25) is 19.8 Å². The number of nitro benzene ring substituents is 1. The number of nitrogens with one attached hydrogen (secondary N) is 1. The van der Waals surface area contributed by atoms with Gasteiger partial charge in [0.15, 0.2) is 0 Å². The first-order chi connectivity index (χ1) is 15.6. The molecule has 1 saturated heterocycles. The Balaban J connectivity index is 1.45. The van der Waals surface area contributed by atoms with E-state index in [0.717, 1.165) is 16.9 Å². The third-order valence-corrected chi connectivity index (χ3v) is 7.04. The van der Waals surface area contributed by atoms with Crippen molar-refractivity contribution in [3.63, 3.8) is 0 Å². The number of carbonyl (C=O) groups excluding carboxylic acids is 1. The Labute approximate surface area is 190 Å². The highest BCUT2D eigenvalue weighted by Crippen LogP contribution is 2.22. The number of imidazole rings is 1. The van der Waals surface area contributed by atoms with Crippen molar-refractivity contribution in [2.75, 3.05) is 37.8 Å². The van der Waals surface area contributed by atoms with Crippen LogP contribution in [-0.4, -0.2) is 70.4 Å². The number of fused-ring (bicyclic) bond motifs is 1. The van der Waals surface area contributed by atoms with Gasteiger partial charge in [0, 0.05) is 56.6 Å². The SMILES string of the molecule is Cn1c(CN2CCN(S(C)(=O)=O)CC2)nc2cc(NC(=O)c3ccc([N+](=O)[O-])cc3)ccc21. The van der Waals surface area contributed by atoms with E-state index in [1.54, 1.807) is 12.1 Å². The molecule has 174 valence electrons. The van der Waals surface area contributed by atoms with Crippen molar-refractivity contribution in [1.82, 2.24) is 18.8 Å². The molecular weight excluding hydrogens is 448 g/mol. The summed E-state index contributed by atoms with van der Waals surface area (Å²) in [4.78, 5) is 29.6. The Kier molecular flexibility index (Phi) is 6.15. The largest absolute Gasteiger partial charge is 0.330 e. The number of rotatable bonds is 6. The molecule has 1 N–H and O–H groups in total. The molecule has 1 amide bonds. The normalized spacial score (nSPS) is 15.6. The highest BCUT2D eigenvalue weighted by atomic mass is 32.2. The summed E-state index contributed by atoms with van der Waals surface area (Å²) in [6.07, 6.45) is 1.23. The number of nitro groups is 1. The summed E-state index contributed by atoms with van der Waals surface area (Å²) in [5.74, 6) is 0.473. The Morgan fingerprint density at radius 2 is 1.79 bits per heavy atom. The van der Waals surface area contributed by atoms with Crippen LogP contribution in [0.5, 0.6) is 0 Å². The summed E-state index contributed by atoms with van der Waals surface area (Å²) in [5, 5.41) is 13.6. The Morgan fingerprint density at radius 3 is 2.39 bits per heavy atom. The number of carbonyl (C=O) groups is 1. The van der Waals surface area contributed by atoms with E-state index in [0.29, 0.717) is 44.0 Å². The highest BCUT2D eigenvalue weighted by molar-refractivity contribution is 7.88. The maximum atomic E-state index is 12.5. The Morgan fingerprint density at radius 1 is 1.12 bits per heavy atom. The second-order valence-corrected chi connectivity index (χ2v) is 9.97. The van der Waals surface area contributed by atoms with E-state index in [1.807, 2.05) is 17.7 Å². The number of aromatic nitrogens is 2. The molecule has 1 aromatic heterocycles. The zero-order valence-corrected chi connectivity index (χ0v) is 19.1. The third-order valence-electron chi connectivity index (χ3n) is 5.74. The van der Waals surface area contributed by atoms with Gasteiger partial charge < -0.3 is 9.88 Å². The first kappa shape index (κ1) is 22.8. The second-order valence-electron chi connectivity index (χ2n) is 7.99. The summed E-state index contributed by atoms with van der Waals surface area (Å²) < 4.78 is 26.9. The van der Waals surface area contributed by atoms with E-state index < -0.39 is 14.9 Å². The molecule has 0 bridgehead atoms. The van der Waals surface area contributed by atoms with Crippen molar-refractivity contribution in [1.29, 1.82) is 0 Å². The van der Waals surface area contributed by atoms with Crippen molar-refractivity contribution in [2.45, 2.75) is 6.54 Å². The standard InChI is InChI=1S/C21H24N6O5S/c1-24-19-8-5-16(22-21(28)15-3-6-17(7-4-15)27(29)30)13-18(19)23-20(24)14-25-9-11-26(12-10-25)33(2,31)32/h3-8,13H,9-12,14H2,1-2H3,(H,22,28). The van der Waals surface area contributed by atoms with Gasteiger partial charge in [0.05, 0.1) is 28.8 Å². The highest BCUT2D eigenvalue weighted by Gasteiger charge is 2.24. The fourth-order valence-corrected chi connectivity index (χ4v) is 4.65. The average molecular weight is 473 g/mol. The molecule has 12 heteroatoms. The number of aryl methyl sites for hydroxylation is 1. The van der Waals surface area contributed by atoms with Crippen LogP contribution in [0.15, 0.2) is 42.5 Å². The second kappa shape index (κ2) is 8.89. The molecule has 0 aliphatic carbocycles. The van der Waals surface area contributed by atoms with Crippen LogP contribution in [0.3, 0.4) is 0 Å². The monoisotopic (exact) mass is 472 g/mol. The van der Waals surface area contributed by atoms with Gasteiger partial charge in [0.2, 0.25) is 10.0 Å². The van der Waals surface area contributed by atoms with E-state index >= 15 is 0 Å². The van der Waals surface area contributed by atoms with Gasteiger partial charge in [-0.2, -0.15) is 4.31 Å². The molecule has 0 unspecified atom stereocenters. The molecule has 3 aromatic rings. The zero-order valence-electron chi connectivity index (χ0n) is 18.3. The molecule has 4 rings (SSSR count). The summed E-state index contributed by atoms with van der Waals surface area (Å²) in [5.41, 5.74) is 2.44. The van der Waals surface area contributed by atoms with Crippen molar-refractivity contribution in [2.24, 2.45) is 7.05 Å². The lowest BCUT2D eigenvalue weighted by atomic mass is 10.2. The van der Waals surface area contributed by atoms with Gasteiger partial charge in [-0.25, -0.2) is 13.4 Å². The summed E-state index contributed by atoms with van der Waals surface area (Å²) in [6, 6.07) is 10.8. The first-order valence-electron chi connectivity index (χ1n) is 10.3. The quantitative estimate of drug-likeness (QED) is 0.428. The van der Waals surface area contributed by atoms with Crippen LogP contribution in [0, 0.1) is 10.1 Å². The van der Waals surface area contributed by atoms with Crippen LogP contribution >= 0.6 is 0 Å². The van der Waals surface area contributed by atoms with Crippen LogP contribution < -0.4 is 5.32 Å². The van der Waals surface area contributed by atoms with E-state index in [2.05, 4.69) is 10.2 Å². The predicted molar refractivity (Wildman–Crippen MR) is 123 cm³/mol. The zero-order chi connectivity index (χ0) is 23.8. The lowest BCUT2D eigenvalue weighted by Crippen LogP contribution is -2.48. The number of amides is 1. The Hall–Kier alpha value is -3.35. The van der Waals surface area contributed by atoms with Crippen LogP contribution in [0.2, 0.25) is 0 Å². The van der Waals surface area contributed by atoms with Crippen LogP contribution in [0.4, 0.5) is 11.4 Å². The van der Waals surface area contributed by atoms with Gasteiger partial charge in [-0.1, -0.05) is 0 Å². The minimum absolute atomic E-state index is 0.0771. The minimum atomic E-state index is -3.17. The Bertz CT molecular complexity index is 1310. The molecule has 2 heterocycles. The van der Waals surface area contributed by atoms with Crippen molar-refractivity contribution < 1.29 is 18.1 Å². The van der Waals surface area contributed by atoms with Crippen LogP contribution in [-0.2, 0) is 23.6 Å². The summed E-state index contributed by atoms with van der Waals surface area (Å²) >= 11 is 0. The van der Waals surface area contributed by atoms with Crippen molar-refractivity contribution >= 4 is 38.3 Å². The smallest absolute Gasteiger partial charge is 0.269 e. The fraction of sp³-hybridized carbons (Fsp3) is 0.333. The van der Waals surface area contributed by atoms with Gasteiger partial charge >= 0.3 is 0 Å². The van der Waals surface area contributed by atoms with Crippen molar-refractivity contribution in [3.05, 3.63) is 64.0 Å². The van der Waals surface area contributed by atoms with Gasteiger partial charge in [0.1, 0.15) is 5.82 Å². The van der Waals surface area contributed by atoms with Gasteiger partial charge in [0.25, 0.3) is 11.6 Å². The molecule has 0 saturated carbocycles. The number of hydrogen-bond donors (Lipinski definition) is 1. The van der Waals surface area contributed by atoms with E-state index in [4.69, 9.17) is 4.98 Å². The number of benzene rings is 2. The number of nitrogens with zero attached hydrogens (tertiary/aromatic N) is 5. The molecule has 0 radical (unpaired) electrons. The minimum Gasteiger partial charge on any atom is -0.330 e. The number of piperazine rings is 1. The summed E-state index contributed by atoms with van der Waals surface area (Å²) in [7, 11) is -1.25. The first-order valence-corrected chi connectivity index (χ1v) is 12.2. The van der Waals surface area contributed by atoms with E-state index in [9.17, 15) is 23.3 Å². The maximum absolute atomic E-state index is 12.5. The van der Waals surface area contributed by atoms with Crippen molar-refractivity contribution in [3.8, 4) is 0 Å². The van der Waals surface area contributed by atoms with E-state index in [-0.39, 0.29) is 11.6 Å². The fourth-order valence-electron chi connectivity index (χ4n) is 3.83. The van der Waals surface area contributed by atoms with Crippen LogP contribution in [0.25, 0.3) is 11.0 Å². The molecule has 1 aliphatic heterocycles. The molecule has 33 heavy (non-hydrogen) atoms. The molecule has 0 atom stereocenters. The molecule has 1 fully saturated rings. The average Bonchev–Trinajstić information content (AvgIpc) is 3.08. The summed E-state index contributed by atoms with van der Waals surface area (Å²) in [6.45, 7) is 2.77. The third kappa shape index (κ3) is 5.02. The molecular formula is C21H24N6O5S. The predicted octanol–water partition coefficient (Wildman–Crippen LogP) is 1.81. The number of anilines is 1. The van der Waals surface area contributed by atoms with Gasteiger partial charge in [-0.15, -0.1) is 0 Å². The molecule has 11 nitrogen and oxygen atoms in total. The van der Waals surface area contributed by atoms with Crippen LogP contribution in [0.1, 0.15) is 16.2 Å².